The van der Waals surface area contributed by atoms with Crippen molar-refractivity contribution in [2.75, 3.05) is 26.2 Å². The Kier molecular flexibility index (Phi) is 5.33. The molecule has 4 nitrogen and oxygen atoms in total. The van der Waals surface area contributed by atoms with Crippen molar-refractivity contribution in [3.05, 3.63) is 49.4 Å². The van der Waals surface area contributed by atoms with Gasteiger partial charge in [-0.15, -0.1) is 34.0 Å². The van der Waals surface area contributed by atoms with Crippen LogP contribution >= 0.6 is 49.9 Å². The van der Waals surface area contributed by atoms with Gasteiger partial charge in [0.1, 0.15) is 10.7 Å². The van der Waals surface area contributed by atoms with Gasteiger partial charge in [0.25, 0.3) is 5.91 Å². The number of carbonyl (C=O) groups excluding carboxylic acids is 1. The number of piperazine rings is 1. The van der Waals surface area contributed by atoms with Crippen molar-refractivity contribution < 1.29 is 4.79 Å². The molecule has 0 bridgehead atoms. The Morgan fingerprint density at radius 3 is 2.68 bits per heavy atom. The van der Waals surface area contributed by atoms with Gasteiger partial charge in [-0.1, -0.05) is 6.07 Å². The second-order valence-electron chi connectivity index (χ2n) is 5.81. The maximum Gasteiger partial charge on any atom is 0.273 e. The first-order valence-corrected chi connectivity index (χ1v) is 11.4. The summed E-state index contributed by atoms with van der Waals surface area (Å²) < 4.78 is 1.05. The monoisotopic (exact) mass is 453 g/mol. The molecule has 0 atom stereocenters. The van der Waals surface area contributed by atoms with Gasteiger partial charge < -0.3 is 4.90 Å². The smallest absolute Gasteiger partial charge is 0.273 e. The highest BCUT2D eigenvalue weighted by Crippen LogP contribution is 2.32. The van der Waals surface area contributed by atoms with Gasteiger partial charge in [0.05, 0.1) is 4.88 Å². The standard InChI is InChI=1S/C17H16BrN3OS3/c18-12-8-15(24-10-12)16-19-14(11-25-16)17(22)21-5-3-20(4-6-21)9-13-2-1-7-23-13/h1-2,7-8,10-11H,3-6,9H2. The van der Waals surface area contributed by atoms with E-state index >= 15 is 0 Å². The summed E-state index contributed by atoms with van der Waals surface area (Å²) in [5.74, 6) is 0.0499. The molecular weight excluding hydrogens is 438 g/mol. The summed E-state index contributed by atoms with van der Waals surface area (Å²) in [5, 5.41) is 6.94. The third kappa shape index (κ3) is 4.03. The molecule has 1 aliphatic rings. The Hall–Kier alpha value is -1.06. The van der Waals surface area contributed by atoms with Crippen LogP contribution in [0.4, 0.5) is 0 Å². The van der Waals surface area contributed by atoms with Crippen LogP contribution in [0.5, 0.6) is 0 Å². The van der Waals surface area contributed by atoms with Gasteiger partial charge in [-0.3, -0.25) is 9.69 Å². The number of hydrogen-bond acceptors (Lipinski definition) is 6. The lowest BCUT2D eigenvalue weighted by atomic mass is 10.2. The molecule has 0 radical (unpaired) electrons. The second kappa shape index (κ2) is 7.67. The zero-order chi connectivity index (χ0) is 17.2. The fourth-order valence-corrected chi connectivity index (χ4v) is 5.85. The molecule has 1 fully saturated rings. The first kappa shape index (κ1) is 17.4. The summed E-state index contributed by atoms with van der Waals surface area (Å²) >= 11 is 8.42. The molecule has 0 saturated carbocycles. The topological polar surface area (TPSA) is 36.4 Å². The number of amides is 1. The third-order valence-electron chi connectivity index (χ3n) is 4.12. The number of carbonyl (C=O) groups is 1. The van der Waals surface area contributed by atoms with Crippen molar-refractivity contribution in [2.24, 2.45) is 0 Å². The summed E-state index contributed by atoms with van der Waals surface area (Å²) in [6, 6.07) is 6.30. The number of nitrogens with zero attached hydrogens (tertiary/aromatic N) is 3. The zero-order valence-electron chi connectivity index (χ0n) is 13.4. The lowest BCUT2D eigenvalue weighted by Gasteiger charge is -2.34. The largest absolute Gasteiger partial charge is 0.335 e. The van der Waals surface area contributed by atoms with E-state index < -0.39 is 0 Å². The Bertz CT molecular complexity index is 850. The van der Waals surface area contributed by atoms with Crippen LogP contribution in [0, 0.1) is 0 Å². The highest BCUT2D eigenvalue weighted by molar-refractivity contribution is 9.10. The van der Waals surface area contributed by atoms with Crippen LogP contribution in [-0.2, 0) is 6.54 Å². The number of aromatic nitrogens is 1. The summed E-state index contributed by atoms with van der Waals surface area (Å²) in [7, 11) is 0. The van der Waals surface area contributed by atoms with E-state index in [1.54, 1.807) is 22.7 Å². The summed E-state index contributed by atoms with van der Waals surface area (Å²) in [6.07, 6.45) is 0. The molecule has 1 saturated heterocycles. The van der Waals surface area contributed by atoms with Gasteiger partial charge in [-0.05, 0) is 33.4 Å². The minimum atomic E-state index is 0.0499. The van der Waals surface area contributed by atoms with Crippen molar-refractivity contribution in [1.82, 2.24) is 14.8 Å². The molecule has 3 aromatic rings. The maximum atomic E-state index is 12.7. The molecule has 4 rings (SSSR count). The van der Waals surface area contributed by atoms with Crippen LogP contribution in [0.15, 0.2) is 38.8 Å². The number of halogens is 1. The highest BCUT2D eigenvalue weighted by Gasteiger charge is 2.24. The summed E-state index contributed by atoms with van der Waals surface area (Å²) in [5.41, 5.74) is 0.566. The Balaban J connectivity index is 1.37. The van der Waals surface area contributed by atoms with Gasteiger partial charge >= 0.3 is 0 Å². The second-order valence-corrected chi connectivity index (χ2v) is 9.53. The fourth-order valence-electron chi connectivity index (χ4n) is 2.80. The average Bonchev–Trinajstić information content (AvgIpc) is 3.36. The first-order chi connectivity index (χ1) is 12.2. The quantitative estimate of drug-likeness (QED) is 0.576. The van der Waals surface area contributed by atoms with Crippen LogP contribution in [0.2, 0.25) is 0 Å². The van der Waals surface area contributed by atoms with Gasteiger partial charge in [0.2, 0.25) is 0 Å². The van der Waals surface area contributed by atoms with Crippen LogP contribution in [0.25, 0.3) is 9.88 Å². The van der Waals surface area contributed by atoms with Gasteiger partial charge in [0, 0.05) is 52.8 Å². The lowest BCUT2D eigenvalue weighted by molar-refractivity contribution is 0.0625. The van der Waals surface area contributed by atoms with Crippen LogP contribution in [-0.4, -0.2) is 46.9 Å². The molecule has 0 spiro atoms. The molecule has 4 heterocycles. The minimum absolute atomic E-state index is 0.0499. The van der Waals surface area contributed by atoms with Gasteiger partial charge in [-0.2, -0.15) is 0 Å². The van der Waals surface area contributed by atoms with E-state index in [0.29, 0.717) is 5.69 Å². The zero-order valence-corrected chi connectivity index (χ0v) is 17.4. The Labute approximate surface area is 166 Å². The molecule has 1 amide bonds. The molecule has 3 aromatic heterocycles. The van der Waals surface area contributed by atoms with Crippen LogP contribution in [0.3, 0.4) is 0 Å². The number of hydrogen-bond donors (Lipinski definition) is 0. The molecule has 0 unspecified atom stereocenters. The molecule has 0 aromatic carbocycles. The lowest BCUT2D eigenvalue weighted by Crippen LogP contribution is -2.48. The number of rotatable bonds is 4. The molecule has 0 N–H and O–H groups in total. The van der Waals surface area contributed by atoms with Crippen molar-refractivity contribution >= 4 is 55.8 Å². The van der Waals surface area contributed by atoms with E-state index in [1.807, 2.05) is 21.7 Å². The molecule has 8 heteroatoms. The predicted octanol–water partition coefficient (Wildman–Crippen LogP) is 4.65. The van der Waals surface area contributed by atoms with Crippen LogP contribution < -0.4 is 0 Å². The van der Waals surface area contributed by atoms with Crippen molar-refractivity contribution in [2.45, 2.75) is 6.54 Å². The minimum Gasteiger partial charge on any atom is -0.335 e. The van der Waals surface area contributed by atoms with E-state index in [-0.39, 0.29) is 5.91 Å². The van der Waals surface area contributed by atoms with Gasteiger partial charge in [-0.25, -0.2) is 4.98 Å². The SMILES string of the molecule is O=C(c1csc(-c2cc(Br)cs2)n1)N1CCN(Cc2cccs2)CC1. The first-order valence-electron chi connectivity index (χ1n) is 7.93. The van der Waals surface area contributed by atoms with E-state index in [2.05, 4.69) is 43.3 Å². The van der Waals surface area contributed by atoms with E-state index in [4.69, 9.17) is 0 Å². The summed E-state index contributed by atoms with van der Waals surface area (Å²) in [6.45, 7) is 4.34. The molecule has 0 aliphatic carbocycles. The molecular formula is C17H16BrN3OS3. The maximum absolute atomic E-state index is 12.7. The highest BCUT2D eigenvalue weighted by atomic mass is 79.9. The Morgan fingerprint density at radius 2 is 2.00 bits per heavy atom. The van der Waals surface area contributed by atoms with Crippen molar-refractivity contribution in [3.63, 3.8) is 0 Å². The number of thiazole rings is 1. The summed E-state index contributed by atoms with van der Waals surface area (Å²) in [4.78, 5) is 24.1. The van der Waals surface area contributed by atoms with Crippen molar-refractivity contribution in [1.29, 1.82) is 0 Å². The average molecular weight is 454 g/mol. The fraction of sp³-hybridized carbons (Fsp3) is 0.294. The Morgan fingerprint density at radius 1 is 1.16 bits per heavy atom. The normalized spacial score (nSPS) is 15.6. The molecule has 130 valence electrons. The molecule has 25 heavy (non-hydrogen) atoms. The van der Waals surface area contributed by atoms with Gasteiger partial charge in [0.15, 0.2) is 0 Å². The van der Waals surface area contributed by atoms with Crippen LogP contribution in [0.1, 0.15) is 15.4 Å². The van der Waals surface area contributed by atoms with E-state index in [0.717, 1.165) is 47.1 Å². The van der Waals surface area contributed by atoms with E-state index in [9.17, 15) is 4.79 Å². The third-order valence-corrected chi connectivity index (χ3v) is 7.68. The predicted molar refractivity (Wildman–Crippen MR) is 109 cm³/mol. The molecule has 1 aliphatic heterocycles. The van der Waals surface area contributed by atoms with Crippen molar-refractivity contribution in [3.8, 4) is 9.88 Å². The number of thiophene rings is 2. The van der Waals surface area contributed by atoms with E-state index in [1.165, 1.54) is 16.2 Å².